The second kappa shape index (κ2) is 17.8. The summed E-state index contributed by atoms with van der Waals surface area (Å²) >= 11 is 0. The van der Waals surface area contributed by atoms with Gasteiger partial charge < -0.3 is 29.0 Å². The van der Waals surface area contributed by atoms with Crippen LogP contribution >= 0.6 is 8.53 Å². The molecule has 0 amide bonds. The number of ether oxygens (including phenoxy) is 2. The quantitative estimate of drug-likeness (QED) is 0.345. The molecule has 0 saturated carbocycles. The zero-order chi connectivity index (χ0) is 26.9. The van der Waals surface area contributed by atoms with Crippen LogP contribution in [0.25, 0.3) is 0 Å². The lowest BCUT2D eigenvalue weighted by atomic mass is 10.2. The van der Waals surface area contributed by atoms with Gasteiger partial charge in [0, 0.05) is 7.11 Å². The first-order valence-corrected chi connectivity index (χ1v) is 12.1. The van der Waals surface area contributed by atoms with Crippen molar-refractivity contribution in [2.75, 3.05) is 32.9 Å². The maximum Gasteiger partial charge on any atom is 0.351 e. The largest absolute Gasteiger partial charge is 0.436 e. The van der Waals surface area contributed by atoms with Crippen molar-refractivity contribution in [2.24, 2.45) is 0 Å². The fourth-order valence-electron chi connectivity index (χ4n) is 2.62. The van der Waals surface area contributed by atoms with E-state index in [1.165, 1.54) is 0 Å². The molecule has 0 aliphatic carbocycles. The number of aldehydes is 1. The minimum atomic E-state index is -1.75. The van der Waals surface area contributed by atoms with E-state index in [1.807, 2.05) is 32.0 Å². The molecular formula is C22H32F3N4O6P. The number of aromatic nitrogens is 2. The van der Waals surface area contributed by atoms with Crippen molar-refractivity contribution >= 4 is 20.6 Å². The van der Waals surface area contributed by atoms with Gasteiger partial charge in [-0.05, 0) is 38.8 Å². The average Bonchev–Trinajstić information content (AvgIpc) is 3.33. The van der Waals surface area contributed by atoms with E-state index < -0.39 is 39.0 Å². The van der Waals surface area contributed by atoms with Crippen molar-refractivity contribution in [3.05, 3.63) is 52.8 Å². The number of alkyl halides is 2. The molecule has 3 atom stereocenters. The molecule has 1 saturated heterocycles. The smallest absolute Gasteiger partial charge is 0.351 e. The number of rotatable bonds is 10. The van der Waals surface area contributed by atoms with Gasteiger partial charge in [0.05, 0.1) is 31.6 Å². The Morgan fingerprint density at radius 3 is 2.53 bits per heavy atom. The summed E-state index contributed by atoms with van der Waals surface area (Å²) in [6, 6.07) is 9.06. The number of carbonyl (C=O) groups excluding carboxylic acids is 1. The maximum atomic E-state index is 13.6. The third-order valence-corrected chi connectivity index (χ3v) is 5.61. The number of nitrogen functional groups attached to an aromatic ring is 1. The summed E-state index contributed by atoms with van der Waals surface area (Å²) in [7, 11) is 0.137. The van der Waals surface area contributed by atoms with Crippen LogP contribution in [-0.4, -0.2) is 55.2 Å². The summed E-state index contributed by atoms with van der Waals surface area (Å²) in [6.45, 7) is 2.51. The van der Waals surface area contributed by atoms with Gasteiger partial charge in [-0.2, -0.15) is 4.98 Å². The molecule has 202 valence electrons. The fraction of sp³-hybridized carbons (Fsp3) is 0.500. The van der Waals surface area contributed by atoms with E-state index in [2.05, 4.69) is 10.1 Å². The van der Waals surface area contributed by atoms with Crippen LogP contribution in [0.2, 0.25) is 0 Å². The lowest BCUT2D eigenvalue weighted by molar-refractivity contribution is -0.106. The first-order chi connectivity index (χ1) is 17.2. The number of nitrogens with one attached hydrogen (secondary N) is 1. The number of nitrogens with two attached hydrogens (primary N) is 1. The first kappa shape index (κ1) is 31.5. The van der Waals surface area contributed by atoms with E-state index in [1.54, 1.807) is 19.2 Å². The van der Waals surface area contributed by atoms with Crippen LogP contribution in [0.5, 0.6) is 5.75 Å². The summed E-state index contributed by atoms with van der Waals surface area (Å²) in [5, 5.41) is 2.88. The van der Waals surface area contributed by atoms with Gasteiger partial charge in [0.15, 0.2) is 11.6 Å². The van der Waals surface area contributed by atoms with Gasteiger partial charge in [0.1, 0.15) is 18.3 Å². The van der Waals surface area contributed by atoms with E-state index in [4.69, 9.17) is 24.3 Å². The third kappa shape index (κ3) is 11.9. The Labute approximate surface area is 208 Å². The number of hydrogen-bond donors (Lipinski definition) is 2. The highest BCUT2D eigenvalue weighted by Gasteiger charge is 2.29. The fourth-order valence-corrected chi connectivity index (χ4v) is 3.67. The second-order valence-electron chi connectivity index (χ2n) is 7.33. The molecule has 14 heteroatoms. The van der Waals surface area contributed by atoms with Gasteiger partial charge >= 0.3 is 14.2 Å². The summed E-state index contributed by atoms with van der Waals surface area (Å²) in [5.41, 5.74) is 4.62. The van der Waals surface area contributed by atoms with Crippen molar-refractivity contribution in [1.29, 1.82) is 0 Å². The number of benzene rings is 1. The summed E-state index contributed by atoms with van der Waals surface area (Å²) in [5.74, 6) is -0.614. The molecular weight excluding hydrogens is 504 g/mol. The average molecular weight is 536 g/mol. The molecule has 0 radical (unpaired) electrons. The molecule has 2 heterocycles. The van der Waals surface area contributed by atoms with Gasteiger partial charge in [-0.15, -0.1) is 0 Å². The highest BCUT2D eigenvalue weighted by Crippen LogP contribution is 2.37. The number of anilines is 1. The van der Waals surface area contributed by atoms with E-state index in [0.717, 1.165) is 10.8 Å². The molecule has 0 spiro atoms. The summed E-state index contributed by atoms with van der Waals surface area (Å²) in [6.07, 6.45) is 2.23. The highest BCUT2D eigenvalue weighted by atomic mass is 31.2. The molecule has 2 aromatic rings. The van der Waals surface area contributed by atoms with Crippen molar-refractivity contribution in [3.8, 4) is 5.75 Å². The van der Waals surface area contributed by atoms with Crippen molar-refractivity contribution in [3.63, 3.8) is 0 Å². The molecule has 3 rings (SSSR count). The monoisotopic (exact) mass is 536 g/mol. The van der Waals surface area contributed by atoms with E-state index >= 15 is 0 Å². The Hall–Kier alpha value is -2.57. The Morgan fingerprint density at radius 1 is 1.31 bits per heavy atom. The number of halogens is 3. The number of hydrogen-bond acceptors (Lipinski definition) is 9. The standard InChI is InChI=1S/C17H20FN4O5P.C4H10O.CH2F2/c18-14-10-22(17(24)21-16(14)19)15-7-6-13(26-15)11-25-28(20-8-9-23)27-12-4-2-1-3-5-12;1-4(2)5-3;2-1-3/h1-5,9-10,13,15,20H,6-8,11H2,(H2,19,21,24);4H,1-3H3;1H2. The third-order valence-electron chi connectivity index (χ3n) is 4.41. The number of methoxy groups -OCH3 is 1. The SMILES string of the molecule is COC(C)C.FCF.Nc1nc(=O)n(C2CCC(COP(NCC=O)Oc3ccccc3)O2)cc1F. The van der Waals surface area contributed by atoms with Crippen molar-refractivity contribution in [2.45, 2.75) is 45.1 Å². The predicted molar refractivity (Wildman–Crippen MR) is 129 cm³/mol. The molecule has 3 N–H and O–H groups in total. The summed E-state index contributed by atoms with van der Waals surface area (Å²) < 4.78 is 55.9. The van der Waals surface area contributed by atoms with Crippen LogP contribution in [0, 0.1) is 5.82 Å². The molecule has 0 bridgehead atoms. The molecule has 10 nitrogen and oxygen atoms in total. The van der Waals surface area contributed by atoms with E-state index in [0.29, 0.717) is 31.0 Å². The molecule has 1 aromatic heterocycles. The van der Waals surface area contributed by atoms with Crippen LogP contribution in [-0.2, 0) is 18.8 Å². The number of carbonyl (C=O) groups is 1. The maximum absolute atomic E-state index is 13.6. The predicted octanol–water partition coefficient (Wildman–Crippen LogP) is 3.68. The van der Waals surface area contributed by atoms with Gasteiger partial charge in [0.2, 0.25) is 6.93 Å². The summed E-state index contributed by atoms with van der Waals surface area (Å²) in [4.78, 5) is 26.0. The van der Waals surface area contributed by atoms with Crippen LogP contribution in [0.3, 0.4) is 0 Å². The number of nitrogens with zero attached hydrogens (tertiary/aromatic N) is 2. The van der Waals surface area contributed by atoms with Gasteiger partial charge in [-0.25, -0.2) is 23.1 Å². The van der Waals surface area contributed by atoms with Crippen LogP contribution < -0.4 is 21.0 Å². The van der Waals surface area contributed by atoms with Crippen LogP contribution in [0.1, 0.15) is 32.9 Å². The van der Waals surface area contributed by atoms with E-state index in [-0.39, 0.29) is 19.3 Å². The van der Waals surface area contributed by atoms with Crippen molar-refractivity contribution in [1.82, 2.24) is 14.6 Å². The van der Waals surface area contributed by atoms with Crippen molar-refractivity contribution < 1.29 is 36.5 Å². The zero-order valence-corrected chi connectivity index (χ0v) is 21.2. The normalized spacial score (nSPS) is 17.4. The Morgan fingerprint density at radius 2 is 1.94 bits per heavy atom. The molecule has 1 aliphatic rings. The number of para-hydroxylation sites is 1. The molecule has 1 aliphatic heterocycles. The topological polar surface area (TPSA) is 127 Å². The first-order valence-electron chi connectivity index (χ1n) is 10.9. The molecule has 36 heavy (non-hydrogen) atoms. The minimum Gasteiger partial charge on any atom is -0.436 e. The second-order valence-corrected chi connectivity index (χ2v) is 8.60. The minimum absolute atomic E-state index is 0.0818. The van der Waals surface area contributed by atoms with Gasteiger partial charge in [-0.1, -0.05) is 18.2 Å². The highest BCUT2D eigenvalue weighted by molar-refractivity contribution is 7.45. The Kier molecular flexibility index (Phi) is 15.6. The van der Waals surface area contributed by atoms with E-state index in [9.17, 15) is 22.8 Å². The Bertz CT molecular complexity index is 942. The van der Waals surface area contributed by atoms with Crippen LogP contribution in [0.4, 0.5) is 19.0 Å². The van der Waals surface area contributed by atoms with Crippen LogP contribution in [0.15, 0.2) is 41.3 Å². The molecule has 3 unspecified atom stereocenters. The van der Waals surface area contributed by atoms with Gasteiger partial charge in [-0.3, -0.25) is 4.57 Å². The lowest BCUT2D eigenvalue weighted by Crippen LogP contribution is -2.29. The molecule has 1 aromatic carbocycles. The zero-order valence-electron chi connectivity index (χ0n) is 20.3. The van der Waals surface area contributed by atoms with Gasteiger partial charge in [0.25, 0.3) is 0 Å². The molecule has 1 fully saturated rings. The lowest BCUT2D eigenvalue weighted by Gasteiger charge is -2.20. The Balaban J connectivity index is 0.000000709.